The molecule has 0 atom stereocenters. The summed E-state index contributed by atoms with van der Waals surface area (Å²) in [6.07, 6.45) is 0. The van der Waals surface area contributed by atoms with Crippen LogP contribution in [-0.2, 0) is 0 Å². The lowest BCUT2D eigenvalue weighted by atomic mass is 10.2. The number of benzene rings is 1. The van der Waals surface area contributed by atoms with Crippen molar-refractivity contribution in [1.82, 2.24) is 9.97 Å². The van der Waals surface area contributed by atoms with Crippen molar-refractivity contribution in [2.75, 3.05) is 0 Å². The summed E-state index contributed by atoms with van der Waals surface area (Å²) in [6.45, 7) is 1.58. The van der Waals surface area contributed by atoms with Crippen molar-refractivity contribution in [1.29, 1.82) is 0 Å². The number of hydrogen-bond donors (Lipinski definition) is 2. The fourth-order valence-corrected chi connectivity index (χ4v) is 1.31. The summed E-state index contributed by atoms with van der Waals surface area (Å²) in [6, 6.07) is 4.39. The van der Waals surface area contributed by atoms with E-state index >= 15 is 0 Å². The van der Waals surface area contributed by atoms with E-state index in [1.54, 1.807) is 6.92 Å². The Bertz CT molecular complexity index is 601. The maximum absolute atomic E-state index is 11.2. The molecule has 0 spiro atoms. The van der Waals surface area contributed by atoms with Gasteiger partial charge in [-0.25, -0.2) is 9.78 Å². The van der Waals surface area contributed by atoms with Crippen molar-refractivity contribution in [3.8, 4) is 0 Å². The van der Waals surface area contributed by atoms with E-state index < -0.39 is 5.97 Å². The molecule has 0 radical (unpaired) electrons. The topological polar surface area (TPSA) is 83.0 Å². The number of aromatic nitrogens is 2. The van der Waals surface area contributed by atoms with E-state index in [0.717, 1.165) is 0 Å². The number of aromatic amines is 1. The quantitative estimate of drug-likeness (QED) is 0.723. The van der Waals surface area contributed by atoms with Crippen LogP contribution in [0.5, 0.6) is 0 Å². The molecule has 0 aliphatic rings. The molecule has 1 aromatic carbocycles. The second-order valence-corrected chi connectivity index (χ2v) is 3.19. The average molecular weight is 204 g/mol. The standard InChI is InChI=1S/C10H8N2O3/c1-5-9(13)12-7-3-2-6(10(14)15)4-8(7)11-5/h2-4H,1H3,(H,12,13)(H,14,15). The number of aryl methyl sites for hydroxylation is 1. The van der Waals surface area contributed by atoms with Crippen LogP contribution in [0.1, 0.15) is 16.1 Å². The molecular formula is C10H8N2O3. The van der Waals surface area contributed by atoms with Crippen molar-refractivity contribution in [3.05, 3.63) is 39.8 Å². The lowest BCUT2D eigenvalue weighted by Gasteiger charge is -1.99. The van der Waals surface area contributed by atoms with Crippen LogP contribution in [0.2, 0.25) is 0 Å². The van der Waals surface area contributed by atoms with Gasteiger partial charge in [0.05, 0.1) is 16.6 Å². The zero-order valence-electron chi connectivity index (χ0n) is 7.94. The highest BCUT2D eigenvalue weighted by molar-refractivity contribution is 5.92. The first-order valence-corrected chi connectivity index (χ1v) is 4.32. The van der Waals surface area contributed by atoms with Crippen molar-refractivity contribution in [2.45, 2.75) is 6.92 Å². The number of carbonyl (C=O) groups is 1. The van der Waals surface area contributed by atoms with Crippen molar-refractivity contribution in [3.63, 3.8) is 0 Å². The number of carboxylic acids is 1. The molecule has 0 unspecified atom stereocenters. The van der Waals surface area contributed by atoms with E-state index in [2.05, 4.69) is 9.97 Å². The lowest BCUT2D eigenvalue weighted by molar-refractivity contribution is 0.0697. The fraction of sp³-hybridized carbons (Fsp3) is 0.100. The first kappa shape index (κ1) is 9.39. The summed E-state index contributed by atoms with van der Waals surface area (Å²) in [7, 11) is 0. The van der Waals surface area contributed by atoms with Crippen molar-refractivity contribution < 1.29 is 9.90 Å². The SMILES string of the molecule is Cc1nc2cc(C(=O)O)ccc2[nH]c1=O. The van der Waals surface area contributed by atoms with Gasteiger partial charge in [0.1, 0.15) is 5.69 Å². The molecule has 0 aliphatic carbocycles. The Morgan fingerprint density at radius 1 is 1.47 bits per heavy atom. The number of fused-ring (bicyclic) bond motifs is 1. The summed E-state index contributed by atoms with van der Waals surface area (Å²) >= 11 is 0. The summed E-state index contributed by atoms with van der Waals surface area (Å²) in [5, 5.41) is 8.77. The minimum atomic E-state index is -1.01. The summed E-state index contributed by atoms with van der Waals surface area (Å²) < 4.78 is 0. The predicted octanol–water partition coefficient (Wildman–Crippen LogP) is 0.930. The number of nitrogens with zero attached hydrogens (tertiary/aromatic N) is 1. The Balaban J connectivity index is 2.77. The molecule has 15 heavy (non-hydrogen) atoms. The monoisotopic (exact) mass is 204 g/mol. The van der Waals surface area contributed by atoms with Crippen LogP contribution in [0.25, 0.3) is 11.0 Å². The van der Waals surface area contributed by atoms with Crippen LogP contribution in [0.4, 0.5) is 0 Å². The molecule has 1 heterocycles. The molecule has 1 aromatic heterocycles. The Hall–Kier alpha value is -2.17. The lowest BCUT2D eigenvalue weighted by Crippen LogP contribution is -2.11. The van der Waals surface area contributed by atoms with E-state index in [4.69, 9.17) is 5.11 Å². The van der Waals surface area contributed by atoms with Crippen LogP contribution in [-0.4, -0.2) is 21.0 Å². The Kier molecular flexibility index (Phi) is 2.00. The van der Waals surface area contributed by atoms with Gasteiger partial charge < -0.3 is 10.1 Å². The Morgan fingerprint density at radius 2 is 2.20 bits per heavy atom. The fourth-order valence-electron chi connectivity index (χ4n) is 1.31. The largest absolute Gasteiger partial charge is 0.478 e. The van der Waals surface area contributed by atoms with E-state index in [0.29, 0.717) is 16.7 Å². The highest BCUT2D eigenvalue weighted by Crippen LogP contribution is 2.10. The number of hydrogen-bond acceptors (Lipinski definition) is 3. The molecular weight excluding hydrogens is 196 g/mol. The van der Waals surface area contributed by atoms with Gasteiger partial charge in [-0.2, -0.15) is 0 Å². The van der Waals surface area contributed by atoms with Crippen molar-refractivity contribution in [2.24, 2.45) is 0 Å². The molecule has 0 amide bonds. The molecule has 0 bridgehead atoms. The summed E-state index contributed by atoms with van der Waals surface area (Å²) in [4.78, 5) is 28.5. The third-order valence-electron chi connectivity index (χ3n) is 2.11. The minimum Gasteiger partial charge on any atom is -0.478 e. The average Bonchev–Trinajstić information content (AvgIpc) is 2.19. The van der Waals surface area contributed by atoms with Crippen LogP contribution in [0.15, 0.2) is 23.0 Å². The van der Waals surface area contributed by atoms with Crippen LogP contribution in [0.3, 0.4) is 0 Å². The molecule has 0 fully saturated rings. The molecule has 0 aliphatic heterocycles. The third-order valence-corrected chi connectivity index (χ3v) is 2.11. The van der Waals surface area contributed by atoms with Gasteiger partial charge in [0.15, 0.2) is 0 Å². The van der Waals surface area contributed by atoms with Gasteiger partial charge >= 0.3 is 5.97 Å². The predicted molar refractivity (Wildman–Crippen MR) is 54.1 cm³/mol. The van der Waals surface area contributed by atoms with Crippen molar-refractivity contribution >= 4 is 17.0 Å². The zero-order valence-corrected chi connectivity index (χ0v) is 7.94. The van der Waals surface area contributed by atoms with Gasteiger partial charge in [-0.05, 0) is 25.1 Å². The molecule has 2 N–H and O–H groups in total. The minimum absolute atomic E-state index is 0.154. The number of aromatic carboxylic acids is 1. The van der Waals surface area contributed by atoms with Gasteiger partial charge in [-0.1, -0.05) is 0 Å². The molecule has 0 saturated heterocycles. The summed E-state index contributed by atoms with van der Waals surface area (Å²) in [5.41, 5.74) is 1.24. The van der Waals surface area contributed by atoms with Gasteiger partial charge in [0.2, 0.25) is 0 Å². The van der Waals surface area contributed by atoms with Crippen LogP contribution >= 0.6 is 0 Å². The first-order chi connectivity index (χ1) is 7.08. The molecule has 5 nitrogen and oxygen atoms in total. The van der Waals surface area contributed by atoms with E-state index in [-0.39, 0.29) is 11.1 Å². The maximum Gasteiger partial charge on any atom is 0.335 e. The van der Waals surface area contributed by atoms with E-state index in [1.807, 2.05) is 0 Å². The molecule has 76 valence electrons. The Labute approximate surface area is 84.4 Å². The summed E-state index contributed by atoms with van der Waals surface area (Å²) in [5.74, 6) is -1.01. The highest BCUT2D eigenvalue weighted by atomic mass is 16.4. The number of H-pyrrole nitrogens is 1. The molecule has 5 heteroatoms. The molecule has 2 aromatic rings. The second kappa shape index (κ2) is 3.20. The van der Waals surface area contributed by atoms with Gasteiger partial charge in [-0.15, -0.1) is 0 Å². The van der Waals surface area contributed by atoms with Gasteiger partial charge in [-0.3, -0.25) is 4.79 Å². The van der Waals surface area contributed by atoms with E-state index in [1.165, 1.54) is 18.2 Å². The molecule has 0 saturated carbocycles. The highest BCUT2D eigenvalue weighted by Gasteiger charge is 2.05. The van der Waals surface area contributed by atoms with E-state index in [9.17, 15) is 9.59 Å². The van der Waals surface area contributed by atoms with Gasteiger partial charge in [0, 0.05) is 0 Å². The van der Waals surface area contributed by atoms with Crippen LogP contribution in [0, 0.1) is 6.92 Å². The second-order valence-electron chi connectivity index (χ2n) is 3.19. The Morgan fingerprint density at radius 3 is 2.87 bits per heavy atom. The molecule has 2 rings (SSSR count). The normalized spacial score (nSPS) is 10.5. The van der Waals surface area contributed by atoms with Crippen LogP contribution < -0.4 is 5.56 Å². The number of carboxylic acid groups (broad SMARTS) is 1. The first-order valence-electron chi connectivity index (χ1n) is 4.32. The smallest absolute Gasteiger partial charge is 0.335 e. The number of rotatable bonds is 1. The number of nitrogens with one attached hydrogen (secondary N) is 1. The maximum atomic E-state index is 11.2. The third kappa shape index (κ3) is 1.59. The van der Waals surface area contributed by atoms with Gasteiger partial charge in [0.25, 0.3) is 5.56 Å². The zero-order chi connectivity index (χ0) is 11.0.